The van der Waals surface area contributed by atoms with Gasteiger partial charge in [0, 0.05) is 11.8 Å². The zero-order valence-corrected chi connectivity index (χ0v) is 15.5. The van der Waals surface area contributed by atoms with Crippen LogP contribution in [0.5, 0.6) is 0 Å². The lowest BCUT2D eigenvalue weighted by atomic mass is 9.49. The Hall–Kier alpha value is -1.18. The van der Waals surface area contributed by atoms with Crippen LogP contribution in [0.1, 0.15) is 66.2 Å². The number of fused-ring (bicyclic) bond motifs is 5. The molecule has 4 aliphatic carbocycles. The van der Waals surface area contributed by atoms with Crippen molar-refractivity contribution in [2.75, 3.05) is 0 Å². The van der Waals surface area contributed by atoms with Crippen molar-refractivity contribution >= 4 is 11.6 Å². The molecule has 2 nitrogen and oxygen atoms in total. The third-order valence-electron chi connectivity index (χ3n) is 8.60. The van der Waals surface area contributed by atoms with Gasteiger partial charge in [-0.25, -0.2) is 0 Å². The van der Waals surface area contributed by atoms with Crippen LogP contribution in [-0.4, -0.2) is 11.6 Å². The van der Waals surface area contributed by atoms with Crippen molar-refractivity contribution in [2.45, 2.75) is 66.2 Å². The SMILES string of the molecule is CC(=O)[C@@]1(C)CCC2C3C=C(C)C4=CC(=O)CCC4C3CC[C@@]21C. The van der Waals surface area contributed by atoms with Gasteiger partial charge in [-0.3, -0.25) is 9.59 Å². The minimum absolute atomic E-state index is 0.141. The van der Waals surface area contributed by atoms with Gasteiger partial charge in [0.25, 0.3) is 0 Å². The van der Waals surface area contributed by atoms with Crippen molar-refractivity contribution in [1.82, 2.24) is 0 Å². The molecule has 4 unspecified atom stereocenters. The van der Waals surface area contributed by atoms with Crippen LogP contribution in [0, 0.1) is 34.5 Å². The molecule has 0 amide bonds. The lowest BCUT2D eigenvalue weighted by Gasteiger charge is -2.54. The fourth-order valence-electron chi connectivity index (χ4n) is 6.82. The van der Waals surface area contributed by atoms with E-state index in [9.17, 15) is 9.59 Å². The molecule has 4 rings (SSSR count). The molecule has 0 aromatic heterocycles. The Morgan fingerprint density at radius 2 is 1.92 bits per heavy atom. The maximum absolute atomic E-state index is 12.5. The molecular formula is C22H30O2. The van der Waals surface area contributed by atoms with Crippen LogP contribution in [0.4, 0.5) is 0 Å². The second-order valence-corrected chi connectivity index (χ2v) is 9.29. The van der Waals surface area contributed by atoms with E-state index in [0.717, 1.165) is 19.3 Å². The van der Waals surface area contributed by atoms with Gasteiger partial charge in [-0.1, -0.05) is 25.5 Å². The largest absolute Gasteiger partial charge is 0.299 e. The van der Waals surface area contributed by atoms with Gasteiger partial charge >= 0.3 is 0 Å². The zero-order valence-electron chi connectivity index (χ0n) is 15.5. The van der Waals surface area contributed by atoms with E-state index in [4.69, 9.17) is 0 Å². The molecule has 0 N–H and O–H groups in total. The van der Waals surface area contributed by atoms with Crippen LogP contribution in [0.2, 0.25) is 0 Å². The van der Waals surface area contributed by atoms with E-state index in [-0.39, 0.29) is 10.8 Å². The highest BCUT2D eigenvalue weighted by atomic mass is 16.1. The van der Waals surface area contributed by atoms with Crippen molar-refractivity contribution in [3.8, 4) is 0 Å². The standard InChI is InChI=1S/C22H30O2/c1-13-11-19-17(16-6-5-15(24)12-18(13)16)7-9-22(4)20(19)8-10-21(22,3)14(2)23/h11-12,16-17,19-20H,5-10H2,1-4H3/t16?,17?,19?,20?,21-,22+/m1/s1. The van der Waals surface area contributed by atoms with E-state index in [1.165, 1.54) is 30.4 Å². The molecule has 0 radical (unpaired) electrons. The van der Waals surface area contributed by atoms with Crippen LogP contribution in [-0.2, 0) is 9.59 Å². The zero-order chi connectivity index (χ0) is 17.3. The first-order valence-corrected chi connectivity index (χ1v) is 9.72. The Morgan fingerprint density at radius 3 is 2.62 bits per heavy atom. The highest BCUT2D eigenvalue weighted by Gasteiger charge is 2.62. The first-order valence-electron chi connectivity index (χ1n) is 9.72. The molecule has 4 aliphatic rings. The summed E-state index contributed by atoms with van der Waals surface area (Å²) in [6.45, 7) is 8.61. The van der Waals surface area contributed by atoms with Crippen LogP contribution >= 0.6 is 0 Å². The molecule has 0 aromatic carbocycles. The van der Waals surface area contributed by atoms with Crippen molar-refractivity contribution in [3.05, 3.63) is 23.3 Å². The summed E-state index contributed by atoms with van der Waals surface area (Å²) >= 11 is 0. The number of ketones is 2. The highest BCUT2D eigenvalue weighted by Crippen LogP contribution is 2.67. The summed E-state index contributed by atoms with van der Waals surface area (Å²) in [5.74, 6) is 3.16. The maximum atomic E-state index is 12.5. The highest BCUT2D eigenvalue weighted by molar-refractivity contribution is 5.92. The lowest BCUT2D eigenvalue weighted by molar-refractivity contribution is -0.135. The molecule has 0 aliphatic heterocycles. The average molecular weight is 326 g/mol. The lowest BCUT2D eigenvalue weighted by Crippen LogP contribution is -2.50. The summed E-state index contributed by atoms with van der Waals surface area (Å²) < 4.78 is 0. The Morgan fingerprint density at radius 1 is 1.17 bits per heavy atom. The fourth-order valence-corrected chi connectivity index (χ4v) is 6.82. The van der Waals surface area contributed by atoms with Crippen molar-refractivity contribution in [1.29, 1.82) is 0 Å². The minimum atomic E-state index is -0.150. The molecule has 0 bridgehead atoms. The number of hydrogen-bond donors (Lipinski definition) is 0. The van der Waals surface area contributed by atoms with Gasteiger partial charge in [0.15, 0.2) is 5.78 Å². The molecule has 6 atom stereocenters. The smallest absolute Gasteiger partial charge is 0.156 e. The van der Waals surface area contributed by atoms with E-state index < -0.39 is 0 Å². The second kappa shape index (κ2) is 5.16. The Kier molecular flexibility index (Phi) is 3.50. The Balaban J connectivity index is 1.75. The van der Waals surface area contributed by atoms with Crippen molar-refractivity contribution in [2.24, 2.45) is 34.5 Å². The minimum Gasteiger partial charge on any atom is -0.299 e. The predicted octanol–water partition coefficient (Wildman–Crippen LogP) is 4.89. The fraction of sp³-hybridized carbons (Fsp3) is 0.727. The van der Waals surface area contributed by atoms with Gasteiger partial charge in [-0.2, -0.15) is 0 Å². The summed E-state index contributed by atoms with van der Waals surface area (Å²) in [6, 6.07) is 0. The number of allylic oxidation sites excluding steroid dienone is 4. The predicted molar refractivity (Wildman–Crippen MR) is 95.4 cm³/mol. The quantitative estimate of drug-likeness (QED) is 0.687. The Bertz CT molecular complexity index is 669. The summed E-state index contributed by atoms with van der Waals surface area (Å²) in [5.41, 5.74) is 2.64. The molecule has 2 fully saturated rings. The third-order valence-corrected chi connectivity index (χ3v) is 8.60. The van der Waals surface area contributed by atoms with Gasteiger partial charge in [0.2, 0.25) is 0 Å². The van der Waals surface area contributed by atoms with Crippen LogP contribution in [0.15, 0.2) is 23.3 Å². The molecule has 0 aromatic rings. The van der Waals surface area contributed by atoms with Crippen LogP contribution in [0.3, 0.4) is 0 Å². The summed E-state index contributed by atoms with van der Waals surface area (Å²) in [4.78, 5) is 24.3. The van der Waals surface area contributed by atoms with E-state index in [0.29, 0.717) is 35.2 Å². The first-order chi connectivity index (χ1) is 11.3. The van der Waals surface area contributed by atoms with E-state index in [2.05, 4.69) is 26.8 Å². The maximum Gasteiger partial charge on any atom is 0.156 e. The molecule has 2 saturated carbocycles. The number of carbonyl (C=O) groups is 2. The van der Waals surface area contributed by atoms with E-state index in [1.54, 1.807) is 6.92 Å². The van der Waals surface area contributed by atoms with Gasteiger partial charge < -0.3 is 0 Å². The van der Waals surface area contributed by atoms with E-state index >= 15 is 0 Å². The summed E-state index contributed by atoms with van der Waals surface area (Å²) in [6.07, 6.45) is 10.8. The van der Waals surface area contributed by atoms with Crippen molar-refractivity contribution < 1.29 is 9.59 Å². The Labute approximate surface area is 145 Å². The molecule has 2 heteroatoms. The van der Waals surface area contributed by atoms with E-state index in [1.807, 2.05) is 6.08 Å². The normalized spacial score (nSPS) is 47.2. The van der Waals surface area contributed by atoms with Crippen LogP contribution in [0.25, 0.3) is 0 Å². The summed E-state index contributed by atoms with van der Waals surface area (Å²) in [7, 11) is 0. The van der Waals surface area contributed by atoms with Gasteiger partial charge in [0.05, 0.1) is 0 Å². The monoisotopic (exact) mass is 326 g/mol. The third kappa shape index (κ3) is 1.95. The topological polar surface area (TPSA) is 34.1 Å². The van der Waals surface area contributed by atoms with Gasteiger partial charge in [0.1, 0.15) is 5.78 Å². The first kappa shape index (κ1) is 16.3. The number of rotatable bonds is 1. The van der Waals surface area contributed by atoms with Gasteiger partial charge in [-0.15, -0.1) is 0 Å². The van der Waals surface area contributed by atoms with Crippen LogP contribution < -0.4 is 0 Å². The molecule has 24 heavy (non-hydrogen) atoms. The average Bonchev–Trinajstić information content (AvgIpc) is 2.81. The molecule has 0 heterocycles. The molecular weight excluding hydrogens is 296 g/mol. The number of Topliss-reactive ketones (excluding diaryl/α,β-unsaturated/α-hetero) is 1. The van der Waals surface area contributed by atoms with Gasteiger partial charge in [-0.05, 0) is 86.7 Å². The second-order valence-electron chi connectivity index (χ2n) is 9.29. The number of carbonyl (C=O) groups excluding carboxylic acids is 2. The number of hydrogen-bond acceptors (Lipinski definition) is 2. The van der Waals surface area contributed by atoms with Crippen molar-refractivity contribution in [3.63, 3.8) is 0 Å². The summed E-state index contributed by atoms with van der Waals surface area (Å²) in [5, 5.41) is 0. The molecule has 0 saturated heterocycles. The molecule has 130 valence electrons. The molecule has 0 spiro atoms.